The Labute approximate surface area is 168 Å². The molecule has 3 heterocycles. The average Bonchev–Trinajstić information content (AvgIpc) is 3.20. The number of nitrogens with one attached hydrogen (secondary N) is 2. The van der Waals surface area contributed by atoms with Crippen molar-refractivity contribution in [3.05, 3.63) is 28.8 Å². The SMILES string of the molecule is CC(=O)NCc1nnc(N2CCN(C(C)c3ccc4c(c3)NCC=N4)CC2)s1. The number of carbonyl (C=O) groups excluding carboxylic acids is 1. The van der Waals surface area contributed by atoms with Crippen molar-refractivity contribution in [3.8, 4) is 0 Å². The number of anilines is 2. The molecule has 1 fully saturated rings. The smallest absolute Gasteiger partial charge is 0.217 e. The predicted molar refractivity (Wildman–Crippen MR) is 113 cm³/mol. The maximum Gasteiger partial charge on any atom is 0.217 e. The summed E-state index contributed by atoms with van der Waals surface area (Å²) in [6.07, 6.45) is 1.90. The topological polar surface area (TPSA) is 85.8 Å². The lowest BCUT2D eigenvalue weighted by molar-refractivity contribution is -0.119. The lowest BCUT2D eigenvalue weighted by atomic mass is 10.0. The van der Waals surface area contributed by atoms with Gasteiger partial charge in [-0.15, -0.1) is 10.2 Å². The molecule has 148 valence electrons. The van der Waals surface area contributed by atoms with Gasteiger partial charge in [-0.2, -0.15) is 0 Å². The van der Waals surface area contributed by atoms with Crippen molar-refractivity contribution in [3.63, 3.8) is 0 Å². The van der Waals surface area contributed by atoms with Gasteiger partial charge in [0.15, 0.2) is 0 Å². The Bertz CT molecular complexity index is 873. The minimum atomic E-state index is -0.0523. The fourth-order valence-electron chi connectivity index (χ4n) is 3.52. The molecule has 2 N–H and O–H groups in total. The minimum Gasteiger partial charge on any atom is -0.378 e. The lowest BCUT2D eigenvalue weighted by Crippen LogP contribution is -2.47. The molecule has 1 unspecified atom stereocenters. The van der Waals surface area contributed by atoms with Gasteiger partial charge < -0.3 is 15.5 Å². The summed E-state index contributed by atoms with van der Waals surface area (Å²) in [7, 11) is 0. The molecule has 2 aliphatic rings. The molecule has 1 amide bonds. The molecule has 2 aliphatic heterocycles. The van der Waals surface area contributed by atoms with E-state index in [1.165, 1.54) is 12.5 Å². The molecule has 0 aliphatic carbocycles. The summed E-state index contributed by atoms with van der Waals surface area (Å²) in [6.45, 7) is 8.80. The highest BCUT2D eigenvalue weighted by Crippen LogP contribution is 2.32. The molecule has 0 spiro atoms. The monoisotopic (exact) mass is 399 g/mol. The number of benzene rings is 1. The summed E-state index contributed by atoms with van der Waals surface area (Å²) in [6, 6.07) is 6.85. The quantitative estimate of drug-likeness (QED) is 0.802. The number of fused-ring (bicyclic) bond motifs is 1. The number of piperazine rings is 1. The Hall–Kier alpha value is -2.52. The van der Waals surface area contributed by atoms with Crippen LogP contribution in [0, 0.1) is 0 Å². The van der Waals surface area contributed by atoms with E-state index in [0.717, 1.165) is 54.2 Å². The highest BCUT2D eigenvalue weighted by Gasteiger charge is 2.24. The van der Waals surface area contributed by atoms with Crippen molar-refractivity contribution in [1.82, 2.24) is 20.4 Å². The van der Waals surface area contributed by atoms with Crippen LogP contribution in [0.4, 0.5) is 16.5 Å². The van der Waals surface area contributed by atoms with E-state index in [4.69, 9.17) is 0 Å². The van der Waals surface area contributed by atoms with Gasteiger partial charge in [-0.25, -0.2) is 0 Å². The number of aromatic nitrogens is 2. The standard InChI is InChI=1S/C19H25N7OS/c1-13(15-3-4-16-17(11-15)21-6-5-20-16)25-7-9-26(10-8-25)19-24-23-18(28-19)12-22-14(2)27/h3-5,11,13,21H,6-10,12H2,1-2H3,(H,22,27). The van der Waals surface area contributed by atoms with Crippen LogP contribution >= 0.6 is 11.3 Å². The summed E-state index contributed by atoms with van der Waals surface area (Å²) in [5.41, 5.74) is 3.44. The molecule has 4 rings (SSSR count). The summed E-state index contributed by atoms with van der Waals surface area (Å²) >= 11 is 1.55. The Kier molecular flexibility index (Phi) is 5.54. The van der Waals surface area contributed by atoms with E-state index < -0.39 is 0 Å². The Morgan fingerprint density at radius 1 is 1.29 bits per heavy atom. The number of hydrogen-bond donors (Lipinski definition) is 2. The van der Waals surface area contributed by atoms with Crippen molar-refractivity contribution in [2.24, 2.45) is 4.99 Å². The maximum absolute atomic E-state index is 11.0. The van der Waals surface area contributed by atoms with Crippen molar-refractivity contribution in [2.75, 3.05) is 42.9 Å². The first-order valence-electron chi connectivity index (χ1n) is 9.56. The third kappa shape index (κ3) is 4.15. The van der Waals surface area contributed by atoms with E-state index in [0.29, 0.717) is 12.6 Å². The fourth-order valence-corrected chi connectivity index (χ4v) is 4.35. The number of aliphatic imine (C=N–C) groups is 1. The van der Waals surface area contributed by atoms with Crippen molar-refractivity contribution in [2.45, 2.75) is 26.4 Å². The van der Waals surface area contributed by atoms with Gasteiger partial charge in [-0.05, 0) is 24.6 Å². The molecule has 9 heteroatoms. The zero-order valence-electron chi connectivity index (χ0n) is 16.2. The van der Waals surface area contributed by atoms with E-state index >= 15 is 0 Å². The van der Waals surface area contributed by atoms with Crippen LogP contribution < -0.4 is 15.5 Å². The van der Waals surface area contributed by atoms with Crippen LogP contribution in [0.15, 0.2) is 23.2 Å². The van der Waals surface area contributed by atoms with E-state index in [1.807, 2.05) is 6.21 Å². The Morgan fingerprint density at radius 2 is 2.11 bits per heavy atom. The summed E-state index contributed by atoms with van der Waals surface area (Å²) < 4.78 is 0. The minimum absolute atomic E-state index is 0.0523. The van der Waals surface area contributed by atoms with E-state index in [-0.39, 0.29) is 5.91 Å². The molecule has 8 nitrogen and oxygen atoms in total. The third-order valence-corrected chi connectivity index (χ3v) is 6.18. The van der Waals surface area contributed by atoms with Gasteiger partial charge in [-0.1, -0.05) is 17.4 Å². The normalized spacial score (nSPS) is 17.7. The van der Waals surface area contributed by atoms with Crippen molar-refractivity contribution < 1.29 is 4.79 Å². The van der Waals surface area contributed by atoms with Gasteiger partial charge in [0.25, 0.3) is 0 Å². The molecule has 0 radical (unpaired) electrons. The average molecular weight is 400 g/mol. The van der Waals surface area contributed by atoms with Crippen LogP contribution in [0.3, 0.4) is 0 Å². The number of hydrogen-bond acceptors (Lipinski definition) is 8. The first-order chi connectivity index (χ1) is 13.6. The lowest BCUT2D eigenvalue weighted by Gasteiger charge is -2.38. The van der Waals surface area contributed by atoms with Crippen LogP contribution in [0.1, 0.15) is 30.5 Å². The number of nitrogens with zero attached hydrogens (tertiary/aromatic N) is 5. The van der Waals surface area contributed by atoms with Gasteiger partial charge in [0.1, 0.15) is 5.01 Å². The molecular weight excluding hydrogens is 374 g/mol. The van der Waals surface area contributed by atoms with Gasteiger partial charge in [0, 0.05) is 45.4 Å². The molecular formula is C19H25N7OS. The highest BCUT2D eigenvalue weighted by molar-refractivity contribution is 7.15. The molecule has 28 heavy (non-hydrogen) atoms. The second kappa shape index (κ2) is 8.24. The van der Waals surface area contributed by atoms with Crippen molar-refractivity contribution >= 4 is 40.0 Å². The molecule has 2 aromatic rings. The number of carbonyl (C=O) groups is 1. The van der Waals surface area contributed by atoms with E-state index in [2.05, 4.69) is 60.7 Å². The fraction of sp³-hybridized carbons (Fsp3) is 0.474. The van der Waals surface area contributed by atoms with Crippen molar-refractivity contribution in [1.29, 1.82) is 0 Å². The van der Waals surface area contributed by atoms with Gasteiger partial charge >= 0.3 is 0 Å². The third-order valence-electron chi connectivity index (χ3n) is 5.19. The van der Waals surface area contributed by atoms with Crippen LogP contribution in [0.2, 0.25) is 0 Å². The van der Waals surface area contributed by atoms with Crippen LogP contribution in [0.5, 0.6) is 0 Å². The number of amides is 1. The molecule has 1 atom stereocenters. The molecule has 1 saturated heterocycles. The van der Waals surface area contributed by atoms with Crippen LogP contribution in [0.25, 0.3) is 0 Å². The second-order valence-corrected chi connectivity index (χ2v) is 8.10. The maximum atomic E-state index is 11.0. The van der Waals surface area contributed by atoms with Crippen LogP contribution in [-0.4, -0.2) is 59.9 Å². The first-order valence-corrected chi connectivity index (χ1v) is 10.4. The highest BCUT2D eigenvalue weighted by atomic mass is 32.1. The molecule has 1 aromatic heterocycles. The molecule has 1 aromatic carbocycles. The van der Waals surface area contributed by atoms with Gasteiger partial charge in [0.05, 0.1) is 24.5 Å². The van der Waals surface area contributed by atoms with Gasteiger partial charge in [-0.3, -0.25) is 14.7 Å². The summed E-state index contributed by atoms with van der Waals surface area (Å²) in [5.74, 6) is -0.0523. The first kappa shape index (κ1) is 18.8. The van der Waals surface area contributed by atoms with E-state index in [9.17, 15) is 4.79 Å². The number of rotatable bonds is 5. The van der Waals surface area contributed by atoms with Crippen LogP contribution in [-0.2, 0) is 11.3 Å². The predicted octanol–water partition coefficient (Wildman–Crippen LogP) is 2.19. The Morgan fingerprint density at radius 3 is 2.89 bits per heavy atom. The Balaban J connectivity index is 1.35. The molecule has 0 bridgehead atoms. The van der Waals surface area contributed by atoms with E-state index in [1.54, 1.807) is 11.3 Å². The largest absolute Gasteiger partial charge is 0.378 e. The zero-order chi connectivity index (χ0) is 19.5. The summed E-state index contributed by atoms with van der Waals surface area (Å²) in [4.78, 5) is 20.3. The molecule has 0 saturated carbocycles. The van der Waals surface area contributed by atoms with Gasteiger partial charge in [0.2, 0.25) is 11.0 Å². The summed E-state index contributed by atoms with van der Waals surface area (Å²) in [5, 5.41) is 16.4. The zero-order valence-corrected chi connectivity index (χ0v) is 17.0. The second-order valence-electron chi connectivity index (χ2n) is 7.06.